The van der Waals surface area contributed by atoms with Crippen molar-refractivity contribution < 1.29 is 18.3 Å². The molecule has 0 N–H and O–H groups in total. The van der Waals surface area contributed by atoms with Gasteiger partial charge < -0.3 is 4.74 Å². The van der Waals surface area contributed by atoms with Crippen LogP contribution in [0.15, 0.2) is 47.7 Å². The number of rotatable bonds is 2. The predicted octanol–water partition coefficient (Wildman–Crippen LogP) is 2.08. The van der Waals surface area contributed by atoms with Crippen LogP contribution in [0.3, 0.4) is 0 Å². The molecule has 0 radical (unpaired) electrons. The average molecular weight is 289 g/mol. The molecule has 0 spiro atoms. The lowest BCUT2D eigenvalue weighted by atomic mass is 10.3. The van der Waals surface area contributed by atoms with Crippen LogP contribution in [0, 0.1) is 11.6 Å². The van der Waals surface area contributed by atoms with Gasteiger partial charge in [0.1, 0.15) is 17.2 Å². The van der Waals surface area contributed by atoms with E-state index in [9.17, 15) is 13.6 Å². The lowest BCUT2D eigenvalue weighted by molar-refractivity contribution is -0.121. The number of carbonyl (C=O) groups is 1. The van der Waals surface area contributed by atoms with Crippen LogP contribution in [0.1, 0.15) is 5.69 Å². The molecule has 0 aliphatic carbocycles. The zero-order valence-corrected chi connectivity index (χ0v) is 10.7. The SMILES string of the molecule is O=C1COC(c2ccccn2)=NN1c1ccc(F)cc1F. The normalized spacial score (nSPS) is 14.7. The first-order chi connectivity index (χ1) is 10.1. The fourth-order valence-corrected chi connectivity index (χ4v) is 1.82. The standard InChI is InChI=1S/C14H9F2N3O2/c15-9-4-5-12(10(16)7-9)19-13(20)8-21-14(18-19)11-3-1-2-6-17-11/h1-7H,8H2. The van der Waals surface area contributed by atoms with Gasteiger partial charge in [-0.25, -0.2) is 8.78 Å². The first-order valence-electron chi connectivity index (χ1n) is 6.06. The Kier molecular flexibility index (Phi) is 3.31. The van der Waals surface area contributed by atoms with Crippen molar-refractivity contribution in [1.82, 2.24) is 4.98 Å². The number of amides is 1. The molecule has 0 saturated carbocycles. The summed E-state index contributed by atoms with van der Waals surface area (Å²) in [5.41, 5.74) is 0.274. The van der Waals surface area contributed by atoms with Gasteiger partial charge in [0.05, 0.1) is 0 Å². The van der Waals surface area contributed by atoms with Crippen molar-refractivity contribution in [3.8, 4) is 0 Å². The van der Waals surface area contributed by atoms with Gasteiger partial charge >= 0.3 is 0 Å². The maximum atomic E-state index is 13.8. The number of benzene rings is 1. The summed E-state index contributed by atoms with van der Waals surface area (Å²) >= 11 is 0. The van der Waals surface area contributed by atoms with Crippen molar-refractivity contribution in [2.75, 3.05) is 11.6 Å². The van der Waals surface area contributed by atoms with E-state index in [1.54, 1.807) is 24.4 Å². The average Bonchev–Trinajstić information content (AvgIpc) is 2.49. The number of hydrazone groups is 1. The molecule has 2 heterocycles. The quantitative estimate of drug-likeness (QED) is 0.850. The van der Waals surface area contributed by atoms with E-state index in [2.05, 4.69) is 10.1 Å². The van der Waals surface area contributed by atoms with E-state index in [4.69, 9.17) is 4.74 Å². The molecule has 1 aromatic carbocycles. The number of hydrogen-bond donors (Lipinski definition) is 0. The van der Waals surface area contributed by atoms with Crippen molar-refractivity contribution >= 4 is 17.5 Å². The Morgan fingerprint density at radius 1 is 1.19 bits per heavy atom. The molecular formula is C14H9F2N3O2. The molecule has 5 nitrogen and oxygen atoms in total. The molecule has 1 amide bonds. The Balaban J connectivity index is 2.02. The maximum Gasteiger partial charge on any atom is 0.285 e. The van der Waals surface area contributed by atoms with Gasteiger partial charge in [0, 0.05) is 12.3 Å². The van der Waals surface area contributed by atoms with Crippen LogP contribution in [0.5, 0.6) is 0 Å². The minimum Gasteiger partial charge on any atom is -0.465 e. The van der Waals surface area contributed by atoms with Gasteiger partial charge in [-0.05, 0) is 24.3 Å². The van der Waals surface area contributed by atoms with E-state index in [0.29, 0.717) is 11.8 Å². The molecule has 1 aromatic heterocycles. The smallest absolute Gasteiger partial charge is 0.285 e. The molecule has 1 aliphatic heterocycles. The zero-order valence-electron chi connectivity index (χ0n) is 10.7. The number of ether oxygens (including phenoxy) is 1. The fraction of sp³-hybridized carbons (Fsp3) is 0.0714. The van der Waals surface area contributed by atoms with Crippen LogP contribution in [-0.4, -0.2) is 23.4 Å². The second-order valence-electron chi connectivity index (χ2n) is 4.21. The van der Waals surface area contributed by atoms with Gasteiger partial charge in [0.15, 0.2) is 12.4 Å². The predicted molar refractivity (Wildman–Crippen MR) is 70.6 cm³/mol. The van der Waals surface area contributed by atoms with E-state index in [1.807, 2.05) is 0 Å². The second kappa shape index (κ2) is 5.28. The largest absolute Gasteiger partial charge is 0.465 e. The van der Waals surface area contributed by atoms with Crippen molar-refractivity contribution in [2.24, 2.45) is 5.10 Å². The Morgan fingerprint density at radius 2 is 2.05 bits per heavy atom. The van der Waals surface area contributed by atoms with E-state index in [1.165, 1.54) is 0 Å². The van der Waals surface area contributed by atoms with Crippen LogP contribution < -0.4 is 5.01 Å². The van der Waals surface area contributed by atoms with Crippen molar-refractivity contribution in [3.05, 3.63) is 59.9 Å². The second-order valence-corrected chi connectivity index (χ2v) is 4.21. The molecular weight excluding hydrogens is 280 g/mol. The minimum atomic E-state index is -0.880. The molecule has 0 saturated heterocycles. The summed E-state index contributed by atoms with van der Waals surface area (Å²) in [6, 6.07) is 7.98. The summed E-state index contributed by atoms with van der Waals surface area (Å²) in [4.78, 5) is 15.9. The van der Waals surface area contributed by atoms with Crippen LogP contribution in [0.25, 0.3) is 0 Å². The molecule has 106 valence electrons. The zero-order chi connectivity index (χ0) is 14.8. The van der Waals surface area contributed by atoms with E-state index >= 15 is 0 Å². The number of aromatic nitrogens is 1. The van der Waals surface area contributed by atoms with Gasteiger partial charge in [0.2, 0.25) is 0 Å². The highest BCUT2D eigenvalue weighted by molar-refractivity contribution is 6.03. The molecule has 0 atom stereocenters. The van der Waals surface area contributed by atoms with Crippen LogP contribution in [0.4, 0.5) is 14.5 Å². The third-order valence-electron chi connectivity index (χ3n) is 2.78. The van der Waals surface area contributed by atoms with E-state index in [0.717, 1.165) is 17.1 Å². The molecule has 2 aromatic rings. The van der Waals surface area contributed by atoms with Gasteiger partial charge in [-0.1, -0.05) is 6.07 Å². The van der Waals surface area contributed by atoms with E-state index in [-0.39, 0.29) is 18.2 Å². The summed E-state index contributed by atoms with van der Waals surface area (Å²) in [7, 11) is 0. The number of nitrogens with zero attached hydrogens (tertiary/aromatic N) is 3. The summed E-state index contributed by atoms with van der Waals surface area (Å²) in [5, 5.41) is 4.80. The Bertz CT molecular complexity index is 719. The fourth-order valence-electron chi connectivity index (χ4n) is 1.82. The molecule has 1 aliphatic rings. The van der Waals surface area contributed by atoms with Crippen LogP contribution >= 0.6 is 0 Å². The van der Waals surface area contributed by atoms with Gasteiger partial charge in [-0.3, -0.25) is 9.78 Å². The number of halogens is 2. The number of hydrogen-bond acceptors (Lipinski definition) is 4. The van der Waals surface area contributed by atoms with Gasteiger partial charge in [-0.15, -0.1) is 5.10 Å². The first-order valence-corrected chi connectivity index (χ1v) is 6.06. The number of anilines is 1. The first kappa shape index (κ1) is 13.2. The molecule has 3 rings (SSSR count). The van der Waals surface area contributed by atoms with Crippen molar-refractivity contribution in [2.45, 2.75) is 0 Å². The molecule has 0 bridgehead atoms. The Hall–Kier alpha value is -2.83. The molecule has 21 heavy (non-hydrogen) atoms. The Morgan fingerprint density at radius 3 is 2.76 bits per heavy atom. The van der Waals surface area contributed by atoms with Gasteiger partial charge in [-0.2, -0.15) is 5.01 Å². The topological polar surface area (TPSA) is 54.8 Å². The summed E-state index contributed by atoms with van der Waals surface area (Å²) in [6.45, 7) is -0.299. The summed E-state index contributed by atoms with van der Waals surface area (Å²) in [5.74, 6) is -2.07. The highest BCUT2D eigenvalue weighted by Crippen LogP contribution is 2.23. The lowest BCUT2D eigenvalue weighted by Gasteiger charge is -2.23. The highest BCUT2D eigenvalue weighted by atomic mass is 19.1. The highest BCUT2D eigenvalue weighted by Gasteiger charge is 2.26. The summed E-state index contributed by atoms with van der Waals surface area (Å²) < 4.78 is 31.9. The molecule has 7 heteroatoms. The third-order valence-corrected chi connectivity index (χ3v) is 2.78. The molecule has 0 unspecified atom stereocenters. The number of pyridine rings is 1. The lowest BCUT2D eigenvalue weighted by Crippen LogP contribution is -2.37. The van der Waals surface area contributed by atoms with Gasteiger partial charge in [0.25, 0.3) is 11.8 Å². The van der Waals surface area contributed by atoms with Crippen molar-refractivity contribution in [1.29, 1.82) is 0 Å². The molecule has 0 fully saturated rings. The summed E-state index contributed by atoms with van der Waals surface area (Å²) in [6.07, 6.45) is 1.54. The van der Waals surface area contributed by atoms with Crippen LogP contribution in [0.2, 0.25) is 0 Å². The third kappa shape index (κ3) is 2.58. The van der Waals surface area contributed by atoms with Crippen LogP contribution in [-0.2, 0) is 9.53 Å². The Labute approximate surface area is 118 Å². The number of carbonyl (C=O) groups excluding carboxylic acids is 1. The maximum absolute atomic E-state index is 13.8. The van der Waals surface area contributed by atoms with E-state index < -0.39 is 17.5 Å². The monoisotopic (exact) mass is 289 g/mol. The van der Waals surface area contributed by atoms with Crippen molar-refractivity contribution in [3.63, 3.8) is 0 Å². The minimum absolute atomic E-state index is 0.0962.